The van der Waals surface area contributed by atoms with Gasteiger partial charge in [-0.1, -0.05) is 30.3 Å². The van der Waals surface area contributed by atoms with E-state index in [2.05, 4.69) is 10.4 Å². The largest absolute Gasteiger partial charge is 0.338 e. The van der Waals surface area contributed by atoms with E-state index in [9.17, 15) is 13.2 Å². The van der Waals surface area contributed by atoms with Crippen LogP contribution < -0.4 is 5.32 Å². The van der Waals surface area contributed by atoms with E-state index < -0.39 is 10.0 Å². The van der Waals surface area contributed by atoms with Gasteiger partial charge in [0.2, 0.25) is 10.0 Å². The molecule has 1 N–H and O–H groups in total. The lowest BCUT2D eigenvalue weighted by Crippen LogP contribution is -2.53. The normalized spacial score (nSPS) is 15.0. The molecule has 0 aliphatic carbocycles. The van der Waals surface area contributed by atoms with Crippen molar-refractivity contribution in [3.63, 3.8) is 0 Å². The maximum Gasteiger partial charge on any atom is 0.317 e. The predicted octanol–water partition coefficient (Wildman–Crippen LogP) is 2.13. The van der Waals surface area contributed by atoms with E-state index in [4.69, 9.17) is 0 Å². The van der Waals surface area contributed by atoms with Gasteiger partial charge in [0.15, 0.2) is 0 Å². The topological polar surface area (TPSA) is 87.5 Å². The number of hydrogen-bond donors (Lipinski definition) is 1. The number of carbonyl (C=O) groups is 1. The van der Waals surface area contributed by atoms with Crippen LogP contribution in [0.25, 0.3) is 5.69 Å². The number of urea groups is 1. The second-order valence-electron chi connectivity index (χ2n) is 7.30. The molecule has 1 saturated heterocycles. The van der Waals surface area contributed by atoms with Crippen molar-refractivity contribution in [2.75, 3.05) is 32.7 Å². The van der Waals surface area contributed by atoms with Crippen LogP contribution in [0.2, 0.25) is 0 Å². The molecule has 4 rings (SSSR count). The molecule has 0 spiro atoms. The molecule has 1 aromatic heterocycles. The van der Waals surface area contributed by atoms with Gasteiger partial charge in [0.25, 0.3) is 0 Å². The molecule has 31 heavy (non-hydrogen) atoms. The van der Waals surface area contributed by atoms with Crippen molar-refractivity contribution in [1.82, 2.24) is 24.3 Å². The van der Waals surface area contributed by atoms with Crippen molar-refractivity contribution < 1.29 is 13.2 Å². The van der Waals surface area contributed by atoms with E-state index in [-0.39, 0.29) is 10.9 Å². The second-order valence-corrected chi connectivity index (χ2v) is 9.24. The highest BCUT2D eigenvalue weighted by Gasteiger charge is 2.29. The number of nitrogens with zero attached hydrogens (tertiary/aromatic N) is 4. The van der Waals surface area contributed by atoms with Gasteiger partial charge in [-0.2, -0.15) is 9.40 Å². The van der Waals surface area contributed by atoms with Gasteiger partial charge in [0, 0.05) is 45.1 Å². The molecule has 1 fully saturated rings. The number of nitrogens with one attached hydrogen (secondary N) is 1. The molecule has 1 aliphatic heterocycles. The standard InChI is InChI=1S/C22H25N5O3S/c28-22(23-13-11-19-7-9-20(10-8-19)27-14-4-12-24-27)25-15-17-26(18-16-25)31(29,30)21-5-2-1-3-6-21/h1-10,12,14H,11,13,15-18H2,(H,23,28). The lowest BCUT2D eigenvalue weighted by Gasteiger charge is -2.34. The Morgan fingerprint density at radius 1 is 0.935 bits per heavy atom. The van der Waals surface area contributed by atoms with E-state index >= 15 is 0 Å². The minimum atomic E-state index is -3.52. The number of benzene rings is 2. The summed E-state index contributed by atoms with van der Waals surface area (Å²) in [6.45, 7) is 1.84. The molecule has 162 valence electrons. The fraction of sp³-hybridized carbons (Fsp3) is 0.273. The van der Waals surface area contributed by atoms with Gasteiger partial charge in [0.1, 0.15) is 0 Å². The van der Waals surface area contributed by atoms with Crippen LogP contribution >= 0.6 is 0 Å². The maximum absolute atomic E-state index is 12.7. The Labute approximate surface area is 182 Å². The lowest BCUT2D eigenvalue weighted by molar-refractivity contribution is 0.172. The molecule has 0 bridgehead atoms. The number of rotatable bonds is 6. The van der Waals surface area contributed by atoms with Crippen LogP contribution in [0.5, 0.6) is 0 Å². The summed E-state index contributed by atoms with van der Waals surface area (Å²) in [5.41, 5.74) is 2.11. The first-order valence-corrected chi connectivity index (χ1v) is 11.6. The van der Waals surface area contributed by atoms with Crippen LogP contribution in [0.1, 0.15) is 5.56 Å². The van der Waals surface area contributed by atoms with Gasteiger partial charge in [-0.25, -0.2) is 17.9 Å². The molecule has 2 heterocycles. The van der Waals surface area contributed by atoms with E-state index in [0.717, 1.165) is 11.3 Å². The number of amides is 2. The third-order valence-electron chi connectivity index (χ3n) is 5.30. The summed E-state index contributed by atoms with van der Waals surface area (Å²) >= 11 is 0. The Hall–Kier alpha value is -3.17. The van der Waals surface area contributed by atoms with E-state index in [1.807, 2.05) is 36.5 Å². The van der Waals surface area contributed by atoms with Crippen LogP contribution in [-0.2, 0) is 16.4 Å². The Balaban J connectivity index is 1.23. The van der Waals surface area contributed by atoms with Crippen LogP contribution in [0.15, 0.2) is 78.0 Å². The Morgan fingerprint density at radius 3 is 2.29 bits per heavy atom. The van der Waals surface area contributed by atoms with Crippen molar-refractivity contribution in [1.29, 1.82) is 0 Å². The molecule has 2 amide bonds. The Bertz CT molecular complexity index is 1090. The third kappa shape index (κ3) is 4.95. The van der Waals surface area contributed by atoms with E-state index in [1.54, 1.807) is 46.1 Å². The van der Waals surface area contributed by atoms with E-state index in [1.165, 1.54) is 4.31 Å². The summed E-state index contributed by atoms with van der Waals surface area (Å²) in [5.74, 6) is 0. The van der Waals surface area contributed by atoms with Gasteiger partial charge >= 0.3 is 6.03 Å². The van der Waals surface area contributed by atoms with Crippen molar-refractivity contribution in [3.8, 4) is 5.69 Å². The summed E-state index contributed by atoms with van der Waals surface area (Å²) in [7, 11) is -3.52. The summed E-state index contributed by atoms with van der Waals surface area (Å²) in [4.78, 5) is 14.4. The first-order chi connectivity index (χ1) is 15.0. The number of piperazine rings is 1. The fourth-order valence-electron chi connectivity index (χ4n) is 3.54. The lowest BCUT2D eigenvalue weighted by atomic mass is 10.1. The second kappa shape index (κ2) is 9.32. The predicted molar refractivity (Wildman–Crippen MR) is 117 cm³/mol. The number of hydrogen-bond acceptors (Lipinski definition) is 4. The monoisotopic (exact) mass is 439 g/mol. The SMILES string of the molecule is O=C(NCCc1ccc(-n2cccn2)cc1)N1CCN(S(=O)(=O)c2ccccc2)CC1. The molecular weight excluding hydrogens is 414 g/mol. The zero-order chi connectivity index (χ0) is 21.7. The number of aromatic nitrogens is 2. The minimum Gasteiger partial charge on any atom is -0.338 e. The summed E-state index contributed by atoms with van der Waals surface area (Å²) in [5, 5.41) is 7.13. The van der Waals surface area contributed by atoms with Crippen molar-refractivity contribution in [3.05, 3.63) is 78.6 Å². The van der Waals surface area contributed by atoms with Crippen molar-refractivity contribution >= 4 is 16.1 Å². The highest BCUT2D eigenvalue weighted by atomic mass is 32.2. The van der Waals surface area contributed by atoms with Gasteiger partial charge < -0.3 is 10.2 Å². The average molecular weight is 440 g/mol. The highest BCUT2D eigenvalue weighted by molar-refractivity contribution is 7.89. The molecule has 3 aromatic rings. The van der Waals surface area contributed by atoms with Crippen molar-refractivity contribution in [2.24, 2.45) is 0 Å². The highest BCUT2D eigenvalue weighted by Crippen LogP contribution is 2.17. The van der Waals surface area contributed by atoms with Gasteiger partial charge in [-0.3, -0.25) is 0 Å². The number of carbonyl (C=O) groups excluding carboxylic acids is 1. The molecular formula is C22H25N5O3S. The molecule has 0 saturated carbocycles. The minimum absolute atomic E-state index is 0.162. The van der Waals surface area contributed by atoms with Gasteiger partial charge in [-0.15, -0.1) is 0 Å². The van der Waals surface area contributed by atoms with Crippen LogP contribution in [0.4, 0.5) is 4.79 Å². The smallest absolute Gasteiger partial charge is 0.317 e. The molecule has 8 nitrogen and oxygen atoms in total. The first kappa shape index (κ1) is 21.1. The summed E-state index contributed by atoms with van der Waals surface area (Å²) < 4.78 is 28.6. The zero-order valence-electron chi connectivity index (χ0n) is 17.1. The quantitative estimate of drug-likeness (QED) is 0.637. The zero-order valence-corrected chi connectivity index (χ0v) is 17.9. The third-order valence-corrected chi connectivity index (χ3v) is 7.21. The fourth-order valence-corrected chi connectivity index (χ4v) is 4.98. The summed E-state index contributed by atoms with van der Waals surface area (Å²) in [6.07, 6.45) is 4.34. The molecule has 0 radical (unpaired) electrons. The van der Waals surface area contributed by atoms with Crippen molar-refractivity contribution in [2.45, 2.75) is 11.3 Å². The molecule has 1 aliphatic rings. The van der Waals surface area contributed by atoms with Gasteiger partial charge in [0.05, 0.1) is 10.6 Å². The van der Waals surface area contributed by atoms with E-state index in [0.29, 0.717) is 39.1 Å². The Morgan fingerprint density at radius 2 is 1.65 bits per heavy atom. The Kier molecular flexibility index (Phi) is 6.34. The maximum atomic E-state index is 12.7. The first-order valence-electron chi connectivity index (χ1n) is 10.2. The molecule has 2 aromatic carbocycles. The van der Waals surface area contributed by atoms with Gasteiger partial charge in [-0.05, 0) is 42.3 Å². The summed E-state index contributed by atoms with van der Waals surface area (Å²) in [6, 6.07) is 18.1. The van der Waals surface area contributed by atoms with Crippen LogP contribution in [0.3, 0.4) is 0 Å². The molecule has 9 heteroatoms. The van der Waals surface area contributed by atoms with Crippen LogP contribution in [-0.4, -0.2) is 66.2 Å². The van der Waals surface area contributed by atoms with Crippen LogP contribution in [0, 0.1) is 0 Å². The number of sulfonamides is 1. The molecule has 0 unspecified atom stereocenters. The average Bonchev–Trinajstić information content (AvgIpc) is 3.35. The molecule has 0 atom stereocenters.